The van der Waals surface area contributed by atoms with Crippen molar-refractivity contribution >= 4 is 5.97 Å². The molecule has 1 aromatic rings. The average molecular weight is 222 g/mol. The molecule has 1 atom stereocenters. The number of carbonyl (C=O) groups excluding carboxylic acids is 1. The molecule has 0 radical (unpaired) electrons. The van der Waals surface area contributed by atoms with E-state index in [0.29, 0.717) is 19.8 Å². The molecule has 0 aliphatic rings. The summed E-state index contributed by atoms with van der Waals surface area (Å²) in [5.41, 5.74) is 1.11. The maximum absolute atomic E-state index is 11.3. The van der Waals surface area contributed by atoms with Gasteiger partial charge < -0.3 is 9.47 Å². The Hall–Kier alpha value is -1.35. The van der Waals surface area contributed by atoms with E-state index in [2.05, 4.69) is 0 Å². The van der Waals surface area contributed by atoms with Gasteiger partial charge in [0, 0.05) is 0 Å². The smallest absolute Gasteiger partial charge is 0.310 e. The number of benzene rings is 1. The van der Waals surface area contributed by atoms with Crippen molar-refractivity contribution in [2.24, 2.45) is 5.92 Å². The van der Waals surface area contributed by atoms with E-state index in [1.807, 2.05) is 37.3 Å². The Bertz CT molecular complexity index is 308. The van der Waals surface area contributed by atoms with E-state index >= 15 is 0 Å². The number of esters is 1. The minimum atomic E-state index is -0.205. The van der Waals surface area contributed by atoms with Gasteiger partial charge in [0.1, 0.15) is 0 Å². The monoisotopic (exact) mass is 222 g/mol. The first-order valence-corrected chi connectivity index (χ1v) is 5.52. The van der Waals surface area contributed by atoms with E-state index in [-0.39, 0.29) is 11.9 Å². The molecule has 0 aromatic heterocycles. The van der Waals surface area contributed by atoms with Crippen LogP contribution in [0.4, 0.5) is 0 Å². The normalized spacial score (nSPS) is 12.1. The molecule has 16 heavy (non-hydrogen) atoms. The van der Waals surface area contributed by atoms with Gasteiger partial charge in [-0.3, -0.25) is 4.79 Å². The Morgan fingerprint density at radius 1 is 1.31 bits per heavy atom. The summed E-state index contributed by atoms with van der Waals surface area (Å²) in [5.74, 6) is -0.403. The molecular weight excluding hydrogens is 204 g/mol. The molecule has 3 nitrogen and oxygen atoms in total. The summed E-state index contributed by atoms with van der Waals surface area (Å²) in [6.07, 6.45) is 0. The Labute approximate surface area is 96.4 Å². The molecule has 0 unspecified atom stereocenters. The van der Waals surface area contributed by atoms with Crippen LogP contribution in [0.2, 0.25) is 0 Å². The van der Waals surface area contributed by atoms with Crippen molar-refractivity contribution in [3.8, 4) is 0 Å². The van der Waals surface area contributed by atoms with Gasteiger partial charge in [0.2, 0.25) is 0 Å². The van der Waals surface area contributed by atoms with Crippen molar-refractivity contribution in [3.05, 3.63) is 35.9 Å². The third-order valence-electron chi connectivity index (χ3n) is 2.17. The molecule has 0 heterocycles. The molecule has 0 aliphatic heterocycles. The number of carbonyl (C=O) groups is 1. The molecule has 1 aromatic carbocycles. The van der Waals surface area contributed by atoms with Crippen LogP contribution in [0.25, 0.3) is 0 Å². The van der Waals surface area contributed by atoms with E-state index < -0.39 is 0 Å². The summed E-state index contributed by atoms with van der Waals surface area (Å²) in [6.45, 7) is 4.96. The zero-order chi connectivity index (χ0) is 11.8. The van der Waals surface area contributed by atoms with Crippen molar-refractivity contribution in [3.63, 3.8) is 0 Å². The zero-order valence-electron chi connectivity index (χ0n) is 9.81. The van der Waals surface area contributed by atoms with E-state index in [1.54, 1.807) is 6.92 Å². The van der Waals surface area contributed by atoms with Gasteiger partial charge in [-0.05, 0) is 19.4 Å². The lowest BCUT2D eigenvalue weighted by Crippen LogP contribution is -2.19. The SMILES string of the molecule is CCOC(=O)[C@@H](C)COCc1ccccc1. The maximum atomic E-state index is 11.3. The largest absolute Gasteiger partial charge is 0.466 e. The number of rotatable bonds is 6. The van der Waals surface area contributed by atoms with Crippen LogP contribution in [-0.4, -0.2) is 19.2 Å². The molecular formula is C13H18O3. The summed E-state index contributed by atoms with van der Waals surface area (Å²) in [6, 6.07) is 9.88. The number of ether oxygens (including phenoxy) is 2. The van der Waals surface area contributed by atoms with Crippen LogP contribution >= 0.6 is 0 Å². The number of hydrogen-bond donors (Lipinski definition) is 0. The molecule has 88 valence electrons. The summed E-state index contributed by atoms with van der Waals surface area (Å²) in [7, 11) is 0. The summed E-state index contributed by atoms with van der Waals surface area (Å²) in [5, 5.41) is 0. The highest BCUT2D eigenvalue weighted by molar-refractivity contribution is 5.72. The Kier molecular flexibility index (Phi) is 5.57. The van der Waals surface area contributed by atoms with Crippen molar-refractivity contribution < 1.29 is 14.3 Å². The van der Waals surface area contributed by atoms with Gasteiger partial charge in [-0.25, -0.2) is 0 Å². The van der Waals surface area contributed by atoms with E-state index in [1.165, 1.54) is 0 Å². The third kappa shape index (κ3) is 4.45. The van der Waals surface area contributed by atoms with Crippen LogP contribution in [-0.2, 0) is 20.9 Å². The highest BCUT2D eigenvalue weighted by Crippen LogP contribution is 2.04. The topological polar surface area (TPSA) is 35.5 Å². The fourth-order valence-electron chi connectivity index (χ4n) is 1.28. The standard InChI is InChI=1S/C13H18O3/c1-3-16-13(14)11(2)9-15-10-12-7-5-4-6-8-12/h4-8,11H,3,9-10H2,1-2H3/t11-/m0/s1. The predicted octanol–water partition coefficient (Wildman–Crippen LogP) is 2.40. The maximum Gasteiger partial charge on any atom is 0.310 e. The highest BCUT2D eigenvalue weighted by atomic mass is 16.5. The van der Waals surface area contributed by atoms with Gasteiger partial charge in [0.05, 0.1) is 25.7 Å². The van der Waals surface area contributed by atoms with Gasteiger partial charge in [-0.1, -0.05) is 30.3 Å². The lowest BCUT2D eigenvalue weighted by Gasteiger charge is -2.10. The second-order valence-corrected chi connectivity index (χ2v) is 3.65. The van der Waals surface area contributed by atoms with Crippen LogP contribution in [0.3, 0.4) is 0 Å². The molecule has 0 fully saturated rings. The van der Waals surface area contributed by atoms with E-state index in [9.17, 15) is 4.79 Å². The van der Waals surface area contributed by atoms with Crippen LogP contribution in [0.5, 0.6) is 0 Å². The van der Waals surface area contributed by atoms with Crippen LogP contribution in [0.1, 0.15) is 19.4 Å². The first kappa shape index (κ1) is 12.7. The summed E-state index contributed by atoms with van der Waals surface area (Å²) in [4.78, 5) is 11.3. The first-order valence-electron chi connectivity index (χ1n) is 5.52. The molecule has 3 heteroatoms. The first-order chi connectivity index (χ1) is 7.74. The highest BCUT2D eigenvalue weighted by Gasteiger charge is 2.13. The minimum Gasteiger partial charge on any atom is -0.466 e. The quantitative estimate of drug-likeness (QED) is 0.693. The zero-order valence-corrected chi connectivity index (χ0v) is 9.81. The predicted molar refractivity (Wildman–Crippen MR) is 61.9 cm³/mol. The lowest BCUT2D eigenvalue weighted by atomic mass is 10.2. The van der Waals surface area contributed by atoms with Crippen molar-refractivity contribution in [2.45, 2.75) is 20.5 Å². The van der Waals surface area contributed by atoms with Gasteiger partial charge in [0.25, 0.3) is 0 Å². The molecule has 0 spiro atoms. The van der Waals surface area contributed by atoms with Gasteiger partial charge in [0.15, 0.2) is 0 Å². The fraction of sp³-hybridized carbons (Fsp3) is 0.462. The van der Waals surface area contributed by atoms with Crippen LogP contribution < -0.4 is 0 Å². The second-order valence-electron chi connectivity index (χ2n) is 3.65. The molecule has 0 saturated carbocycles. The molecule has 0 N–H and O–H groups in total. The fourth-order valence-corrected chi connectivity index (χ4v) is 1.28. The minimum absolute atomic E-state index is 0.199. The summed E-state index contributed by atoms with van der Waals surface area (Å²) >= 11 is 0. The average Bonchev–Trinajstić information content (AvgIpc) is 2.30. The third-order valence-corrected chi connectivity index (χ3v) is 2.17. The van der Waals surface area contributed by atoms with E-state index in [4.69, 9.17) is 9.47 Å². The second kappa shape index (κ2) is 7.01. The van der Waals surface area contributed by atoms with E-state index in [0.717, 1.165) is 5.56 Å². The molecule has 0 saturated heterocycles. The van der Waals surface area contributed by atoms with Crippen LogP contribution in [0.15, 0.2) is 30.3 Å². The Morgan fingerprint density at radius 2 is 2.00 bits per heavy atom. The van der Waals surface area contributed by atoms with Gasteiger partial charge in [-0.2, -0.15) is 0 Å². The molecule has 0 amide bonds. The van der Waals surface area contributed by atoms with Crippen LogP contribution in [0, 0.1) is 5.92 Å². The van der Waals surface area contributed by atoms with Gasteiger partial charge in [-0.15, -0.1) is 0 Å². The van der Waals surface area contributed by atoms with Crippen molar-refractivity contribution in [1.29, 1.82) is 0 Å². The van der Waals surface area contributed by atoms with Crippen molar-refractivity contribution in [1.82, 2.24) is 0 Å². The number of hydrogen-bond acceptors (Lipinski definition) is 3. The van der Waals surface area contributed by atoms with Crippen molar-refractivity contribution in [2.75, 3.05) is 13.2 Å². The Morgan fingerprint density at radius 3 is 2.62 bits per heavy atom. The lowest BCUT2D eigenvalue weighted by molar-refractivity contribution is -0.149. The molecule has 0 aliphatic carbocycles. The molecule has 0 bridgehead atoms. The van der Waals surface area contributed by atoms with Gasteiger partial charge >= 0.3 is 5.97 Å². The summed E-state index contributed by atoms with van der Waals surface area (Å²) < 4.78 is 10.3. The Balaban J connectivity index is 2.23. The molecule has 1 rings (SSSR count).